The van der Waals surface area contributed by atoms with E-state index < -0.39 is 6.64 Å². The van der Waals surface area contributed by atoms with E-state index in [1.165, 1.54) is 19.8 Å². The summed E-state index contributed by atoms with van der Waals surface area (Å²) in [5.41, 5.74) is 1.26. The molecular weight excluding hydrogens is 273 g/mol. The van der Waals surface area contributed by atoms with Crippen LogP contribution in [0.5, 0.6) is 0 Å². The van der Waals surface area contributed by atoms with Crippen LogP contribution < -0.4 is 0 Å². The minimum Gasteiger partial charge on any atom is -0.316 e. The smallest absolute Gasteiger partial charge is 0.309 e. The SMILES string of the molecule is COP(=S)(N=C(C)SCc1ccccc1)OC. The van der Waals surface area contributed by atoms with Gasteiger partial charge in [-0.3, -0.25) is 0 Å². The Bertz CT molecular complexity index is 415. The summed E-state index contributed by atoms with van der Waals surface area (Å²) in [7, 11) is 3.06. The van der Waals surface area contributed by atoms with E-state index >= 15 is 0 Å². The number of hydrogen-bond donors (Lipinski definition) is 0. The molecule has 94 valence electrons. The van der Waals surface area contributed by atoms with Crippen LogP contribution in [0.25, 0.3) is 0 Å². The molecule has 0 aliphatic carbocycles. The van der Waals surface area contributed by atoms with Gasteiger partial charge in [0.2, 0.25) is 0 Å². The van der Waals surface area contributed by atoms with Gasteiger partial charge in [0.15, 0.2) is 0 Å². The zero-order valence-electron chi connectivity index (χ0n) is 10.1. The zero-order valence-corrected chi connectivity index (χ0v) is 12.6. The lowest BCUT2D eigenvalue weighted by Crippen LogP contribution is -1.91. The van der Waals surface area contributed by atoms with E-state index in [4.69, 9.17) is 20.9 Å². The van der Waals surface area contributed by atoms with Crippen LogP contribution in [0.15, 0.2) is 35.1 Å². The lowest BCUT2D eigenvalue weighted by molar-refractivity contribution is 0.338. The van der Waals surface area contributed by atoms with E-state index in [1.807, 2.05) is 25.1 Å². The fraction of sp³-hybridized carbons (Fsp3) is 0.364. The molecule has 0 amide bonds. The number of nitrogens with zero attached hydrogens (tertiary/aromatic N) is 1. The second-order valence-corrected chi connectivity index (χ2v) is 7.65. The molecule has 0 radical (unpaired) electrons. The van der Waals surface area contributed by atoms with Gasteiger partial charge in [0.25, 0.3) is 0 Å². The quantitative estimate of drug-likeness (QED) is 0.468. The van der Waals surface area contributed by atoms with Crippen LogP contribution >= 0.6 is 18.4 Å². The van der Waals surface area contributed by atoms with Gasteiger partial charge in [-0.25, -0.2) is 4.76 Å². The standard InChI is InChI=1S/C11H16NO2PS2/c1-10(12-15(16,13-2)14-3)17-9-11-7-5-4-6-8-11/h4-8H,9H2,1-3H3. The molecule has 0 saturated heterocycles. The first-order chi connectivity index (χ1) is 8.09. The molecule has 0 atom stereocenters. The predicted molar refractivity (Wildman–Crippen MR) is 79.1 cm³/mol. The summed E-state index contributed by atoms with van der Waals surface area (Å²) < 4.78 is 14.5. The van der Waals surface area contributed by atoms with Crippen molar-refractivity contribution in [2.24, 2.45) is 4.76 Å². The molecule has 1 aromatic rings. The number of benzene rings is 1. The van der Waals surface area contributed by atoms with Crippen LogP contribution in [-0.2, 0) is 26.6 Å². The molecule has 0 heterocycles. The van der Waals surface area contributed by atoms with Crippen molar-refractivity contribution in [1.29, 1.82) is 0 Å². The van der Waals surface area contributed by atoms with Crippen LogP contribution in [0.3, 0.4) is 0 Å². The average molecular weight is 289 g/mol. The van der Waals surface area contributed by atoms with Crippen molar-refractivity contribution in [3.63, 3.8) is 0 Å². The van der Waals surface area contributed by atoms with Crippen LogP contribution in [0.2, 0.25) is 0 Å². The highest BCUT2D eigenvalue weighted by atomic mass is 32.5. The first-order valence-corrected chi connectivity index (χ1v) is 8.62. The maximum Gasteiger partial charge on any atom is 0.309 e. The Balaban J connectivity index is 2.58. The normalized spacial score (nSPS) is 12.8. The molecule has 17 heavy (non-hydrogen) atoms. The van der Waals surface area contributed by atoms with Crippen molar-refractivity contribution in [2.75, 3.05) is 14.2 Å². The highest BCUT2D eigenvalue weighted by Gasteiger charge is 2.13. The Morgan fingerprint density at radius 2 is 1.88 bits per heavy atom. The Kier molecular flexibility index (Phi) is 6.38. The minimum absolute atomic E-state index is 0.874. The first kappa shape index (κ1) is 14.9. The van der Waals surface area contributed by atoms with Crippen LogP contribution in [0.1, 0.15) is 12.5 Å². The number of hydrogen-bond acceptors (Lipinski definition) is 4. The fourth-order valence-electron chi connectivity index (χ4n) is 1.12. The van der Waals surface area contributed by atoms with Crippen molar-refractivity contribution in [3.05, 3.63) is 35.9 Å². The monoisotopic (exact) mass is 289 g/mol. The van der Waals surface area contributed by atoms with E-state index in [9.17, 15) is 0 Å². The van der Waals surface area contributed by atoms with Crippen molar-refractivity contribution in [3.8, 4) is 0 Å². The average Bonchev–Trinajstić information content (AvgIpc) is 2.37. The molecule has 6 heteroatoms. The summed E-state index contributed by atoms with van der Waals surface area (Å²) in [5.74, 6) is 0.874. The molecular formula is C11H16NO2PS2. The molecule has 0 unspecified atom stereocenters. The summed E-state index contributed by atoms with van der Waals surface area (Å²) in [5, 5.41) is 0.890. The van der Waals surface area contributed by atoms with E-state index in [2.05, 4.69) is 16.9 Å². The van der Waals surface area contributed by atoms with Crippen molar-refractivity contribution < 1.29 is 9.05 Å². The van der Waals surface area contributed by atoms with Gasteiger partial charge in [-0.2, -0.15) is 0 Å². The van der Waals surface area contributed by atoms with Crippen LogP contribution in [0.4, 0.5) is 0 Å². The third-order valence-corrected chi connectivity index (χ3v) is 5.74. The summed E-state index contributed by atoms with van der Waals surface area (Å²) in [4.78, 5) is 0. The molecule has 0 fully saturated rings. The maximum absolute atomic E-state index is 5.18. The lowest BCUT2D eigenvalue weighted by atomic mass is 10.2. The minimum atomic E-state index is -2.46. The van der Waals surface area contributed by atoms with Gasteiger partial charge in [-0.05, 0) is 24.3 Å². The molecule has 0 aliphatic rings. The van der Waals surface area contributed by atoms with Crippen molar-refractivity contribution in [1.82, 2.24) is 0 Å². The third-order valence-electron chi connectivity index (χ3n) is 2.02. The highest BCUT2D eigenvalue weighted by Crippen LogP contribution is 2.49. The highest BCUT2D eigenvalue weighted by molar-refractivity contribution is 8.14. The van der Waals surface area contributed by atoms with Gasteiger partial charge in [0, 0.05) is 20.0 Å². The Labute approximate surface area is 112 Å². The van der Waals surface area contributed by atoms with Crippen LogP contribution in [-0.4, -0.2) is 19.3 Å². The fourth-order valence-corrected chi connectivity index (χ4v) is 3.42. The van der Waals surface area contributed by atoms with E-state index in [0.29, 0.717) is 0 Å². The van der Waals surface area contributed by atoms with Gasteiger partial charge < -0.3 is 9.05 Å². The van der Waals surface area contributed by atoms with Crippen LogP contribution in [0, 0.1) is 0 Å². The largest absolute Gasteiger partial charge is 0.316 e. The summed E-state index contributed by atoms with van der Waals surface area (Å²) in [6, 6.07) is 10.2. The number of rotatable bonds is 5. The first-order valence-electron chi connectivity index (χ1n) is 5.04. The summed E-state index contributed by atoms with van der Waals surface area (Å²) in [6.45, 7) is -0.535. The molecule has 0 saturated carbocycles. The van der Waals surface area contributed by atoms with Gasteiger partial charge in [-0.15, -0.1) is 11.8 Å². The van der Waals surface area contributed by atoms with E-state index in [-0.39, 0.29) is 0 Å². The maximum atomic E-state index is 5.18. The van der Waals surface area contributed by atoms with Crippen molar-refractivity contribution in [2.45, 2.75) is 12.7 Å². The molecule has 0 spiro atoms. The Hall–Kier alpha value is -0.190. The van der Waals surface area contributed by atoms with Gasteiger partial charge in [-0.1, -0.05) is 30.3 Å². The van der Waals surface area contributed by atoms with Gasteiger partial charge in [0.1, 0.15) is 0 Å². The predicted octanol–water partition coefficient (Wildman–Crippen LogP) is 3.86. The van der Waals surface area contributed by atoms with E-state index in [1.54, 1.807) is 11.8 Å². The second kappa shape index (κ2) is 7.29. The molecule has 0 N–H and O–H groups in total. The Morgan fingerprint density at radius 1 is 1.29 bits per heavy atom. The third kappa shape index (κ3) is 5.32. The zero-order chi connectivity index (χ0) is 12.7. The van der Waals surface area contributed by atoms with Crippen molar-refractivity contribution >= 4 is 35.3 Å². The second-order valence-electron chi connectivity index (χ2n) is 3.23. The molecule has 3 nitrogen and oxygen atoms in total. The summed E-state index contributed by atoms with van der Waals surface area (Å²) >= 11 is 6.82. The molecule has 1 aromatic carbocycles. The number of thioether (sulfide) groups is 1. The summed E-state index contributed by atoms with van der Waals surface area (Å²) in [6.07, 6.45) is 0. The lowest BCUT2D eigenvalue weighted by Gasteiger charge is -2.12. The van der Waals surface area contributed by atoms with Gasteiger partial charge >= 0.3 is 6.64 Å². The molecule has 1 rings (SSSR count). The van der Waals surface area contributed by atoms with Gasteiger partial charge in [0.05, 0.1) is 5.04 Å². The molecule has 0 bridgehead atoms. The molecule has 0 aliphatic heterocycles. The molecule has 0 aromatic heterocycles. The Morgan fingerprint density at radius 3 is 2.41 bits per heavy atom. The topological polar surface area (TPSA) is 30.8 Å². The van der Waals surface area contributed by atoms with E-state index in [0.717, 1.165) is 10.8 Å².